The monoisotopic (exact) mass is 676 g/mol. The number of aliphatic hydroxyl groups is 2. The first-order valence-corrected chi connectivity index (χ1v) is 13.4. The lowest BCUT2D eigenvalue weighted by molar-refractivity contribution is -0.137. The van der Waals surface area contributed by atoms with Crippen LogP contribution in [0.15, 0.2) is 42.0 Å². The van der Waals surface area contributed by atoms with Gasteiger partial charge in [0.05, 0.1) is 33.4 Å². The molecule has 3 atom stereocenters. The molecular formula is C26H27Cl2IN2O7. The Balaban J connectivity index is 2.01. The predicted molar refractivity (Wildman–Crippen MR) is 151 cm³/mol. The third kappa shape index (κ3) is 7.17. The van der Waals surface area contributed by atoms with Gasteiger partial charge in [-0.1, -0.05) is 29.3 Å². The Hall–Kier alpha value is -2.38. The molecule has 12 heteroatoms. The Morgan fingerprint density at radius 1 is 1.24 bits per heavy atom. The Bertz CT molecular complexity index is 1240. The van der Waals surface area contributed by atoms with Gasteiger partial charge in [0.15, 0.2) is 11.5 Å². The molecule has 0 saturated carbocycles. The van der Waals surface area contributed by atoms with E-state index in [4.69, 9.17) is 37.8 Å². The van der Waals surface area contributed by atoms with Gasteiger partial charge in [0, 0.05) is 37.6 Å². The summed E-state index contributed by atoms with van der Waals surface area (Å²) in [6.45, 7) is 1.25. The summed E-state index contributed by atoms with van der Waals surface area (Å²) in [5.41, 5.74) is 1.34. The van der Waals surface area contributed by atoms with Crippen LogP contribution in [-0.2, 0) is 16.1 Å². The van der Waals surface area contributed by atoms with Gasteiger partial charge in [-0.2, -0.15) is 0 Å². The van der Waals surface area contributed by atoms with Gasteiger partial charge in [-0.05, 0) is 58.5 Å². The minimum absolute atomic E-state index is 0.0352. The number of nitrogens with zero attached hydrogens (tertiary/aromatic N) is 1. The number of carbonyl (C=O) groups is 3. The molecule has 1 aliphatic rings. The number of benzene rings is 2. The average molecular weight is 677 g/mol. The fraction of sp³-hybridized carbons (Fsp3) is 0.346. The standard InChI is InChI=1S/C26H27Cl2IN2O7/c1-14(34)31(12-15-3-4-18(27)19(28)7-15)21-10-17(26(36)30-5-6-32)11-22(24(21)35)38-25-20(29)8-16(13-33)9-23(25)37-2/h3-4,7-9,11,13,21-22,24,32,35H,5-6,10,12H2,1-2H3,(H,30,36). The van der Waals surface area contributed by atoms with E-state index in [2.05, 4.69) is 5.32 Å². The van der Waals surface area contributed by atoms with Crippen molar-refractivity contribution in [3.8, 4) is 11.5 Å². The summed E-state index contributed by atoms with van der Waals surface area (Å²) < 4.78 is 12.1. The molecule has 0 aliphatic heterocycles. The van der Waals surface area contributed by atoms with Crippen molar-refractivity contribution in [3.63, 3.8) is 0 Å². The van der Waals surface area contributed by atoms with E-state index >= 15 is 0 Å². The maximum atomic E-state index is 12.9. The second kappa shape index (κ2) is 13.6. The molecule has 3 unspecified atom stereocenters. The van der Waals surface area contributed by atoms with E-state index in [1.54, 1.807) is 24.3 Å². The van der Waals surface area contributed by atoms with Crippen LogP contribution in [-0.4, -0.2) is 71.7 Å². The van der Waals surface area contributed by atoms with Crippen LogP contribution in [0.4, 0.5) is 0 Å². The van der Waals surface area contributed by atoms with Gasteiger partial charge >= 0.3 is 0 Å². The van der Waals surface area contributed by atoms with Crippen LogP contribution in [0.5, 0.6) is 11.5 Å². The van der Waals surface area contributed by atoms with Crippen LogP contribution in [0, 0.1) is 3.57 Å². The molecule has 0 saturated heterocycles. The van der Waals surface area contributed by atoms with E-state index in [9.17, 15) is 19.5 Å². The molecule has 0 spiro atoms. The Morgan fingerprint density at radius 3 is 2.58 bits per heavy atom. The van der Waals surface area contributed by atoms with Crippen molar-refractivity contribution in [2.75, 3.05) is 20.3 Å². The van der Waals surface area contributed by atoms with Gasteiger partial charge in [0.2, 0.25) is 11.8 Å². The zero-order chi connectivity index (χ0) is 28.0. The normalized spacial score (nSPS) is 18.8. The molecule has 9 nitrogen and oxygen atoms in total. The van der Waals surface area contributed by atoms with Crippen LogP contribution in [0.2, 0.25) is 10.0 Å². The van der Waals surface area contributed by atoms with Crippen molar-refractivity contribution in [3.05, 3.63) is 66.7 Å². The second-order valence-corrected chi connectivity index (χ2v) is 10.5. The lowest BCUT2D eigenvalue weighted by Crippen LogP contribution is -2.54. The summed E-state index contributed by atoms with van der Waals surface area (Å²) >= 11 is 14.2. The molecule has 0 radical (unpaired) electrons. The van der Waals surface area contributed by atoms with Crippen LogP contribution < -0.4 is 14.8 Å². The lowest BCUT2D eigenvalue weighted by atomic mass is 9.88. The number of rotatable bonds is 10. The van der Waals surface area contributed by atoms with E-state index in [1.165, 1.54) is 31.1 Å². The molecule has 1 aliphatic carbocycles. The number of carbonyl (C=O) groups excluding carboxylic acids is 3. The van der Waals surface area contributed by atoms with Crippen molar-refractivity contribution in [1.82, 2.24) is 10.2 Å². The summed E-state index contributed by atoms with van der Waals surface area (Å²) in [5, 5.41) is 23.9. The van der Waals surface area contributed by atoms with E-state index in [0.717, 1.165) is 0 Å². The third-order valence-corrected chi connectivity index (χ3v) is 7.54. The zero-order valence-electron chi connectivity index (χ0n) is 20.6. The Morgan fingerprint density at radius 2 is 1.97 bits per heavy atom. The first-order chi connectivity index (χ1) is 18.1. The maximum Gasteiger partial charge on any atom is 0.247 e. The smallest absolute Gasteiger partial charge is 0.247 e. The third-order valence-electron chi connectivity index (χ3n) is 6.00. The van der Waals surface area contributed by atoms with Crippen LogP contribution in [0.3, 0.4) is 0 Å². The summed E-state index contributed by atoms with van der Waals surface area (Å²) in [4.78, 5) is 38.4. The van der Waals surface area contributed by atoms with Crippen molar-refractivity contribution in [2.24, 2.45) is 0 Å². The molecule has 0 bridgehead atoms. The van der Waals surface area contributed by atoms with Crippen molar-refractivity contribution < 1.29 is 34.1 Å². The highest BCUT2D eigenvalue weighted by molar-refractivity contribution is 14.1. The van der Waals surface area contributed by atoms with Crippen molar-refractivity contribution in [1.29, 1.82) is 0 Å². The number of halogens is 3. The minimum atomic E-state index is -1.23. The number of nitrogens with one attached hydrogen (secondary N) is 1. The van der Waals surface area contributed by atoms with Crippen LogP contribution in [0.25, 0.3) is 0 Å². The first kappa shape index (κ1) is 30.2. The number of ether oxygens (including phenoxy) is 2. The summed E-state index contributed by atoms with van der Waals surface area (Å²) in [7, 11) is 1.42. The number of aliphatic hydroxyl groups excluding tert-OH is 2. The number of methoxy groups -OCH3 is 1. The van der Waals surface area contributed by atoms with Gasteiger partial charge in [0.1, 0.15) is 18.5 Å². The molecule has 0 aromatic heterocycles. The van der Waals surface area contributed by atoms with Gasteiger partial charge in [-0.3, -0.25) is 14.4 Å². The van der Waals surface area contributed by atoms with Gasteiger partial charge in [-0.15, -0.1) is 0 Å². The number of hydrogen-bond acceptors (Lipinski definition) is 7. The Labute approximate surface area is 243 Å². The molecule has 2 amide bonds. The largest absolute Gasteiger partial charge is 0.493 e. The highest BCUT2D eigenvalue weighted by Crippen LogP contribution is 2.37. The Kier molecular flexibility index (Phi) is 10.8. The van der Waals surface area contributed by atoms with E-state index in [1.807, 2.05) is 22.6 Å². The molecule has 3 rings (SSSR count). The van der Waals surface area contributed by atoms with Gasteiger partial charge in [-0.25, -0.2) is 0 Å². The summed E-state index contributed by atoms with van der Waals surface area (Å²) in [6.07, 6.45) is -0.0745. The first-order valence-electron chi connectivity index (χ1n) is 11.6. The highest BCUT2D eigenvalue weighted by Gasteiger charge is 2.40. The van der Waals surface area contributed by atoms with E-state index in [0.29, 0.717) is 31.0 Å². The van der Waals surface area contributed by atoms with Crippen molar-refractivity contribution in [2.45, 2.75) is 38.1 Å². The fourth-order valence-corrected chi connectivity index (χ4v) is 5.21. The molecule has 3 N–H and O–H groups in total. The minimum Gasteiger partial charge on any atom is -0.493 e. The van der Waals surface area contributed by atoms with Gasteiger partial charge < -0.3 is 29.9 Å². The maximum absolute atomic E-state index is 12.9. The predicted octanol–water partition coefficient (Wildman–Crippen LogP) is 3.38. The SMILES string of the molecule is COc1cc(C=O)cc(I)c1OC1C=C(C(=O)NCCO)CC(N(Cc2ccc(Cl)c(Cl)c2)C(C)=O)C1O. The van der Waals surface area contributed by atoms with Crippen molar-refractivity contribution >= 4 is 63.9 Å². The fourth-order valence-electron chi connectivity index (χ4n) is 4.13. The van der Waals surface area contributed by atoms with E-state index < -0.39 is 24.2 Å². The number of hydrogen-bond donors (Lipinski definition) is 3. The quantitative estimate of drug-likeness (QED) is 0.260. The average Bonchev–Trinajstić information content (AvgIpc) is 2.89. The van der Waals surface area contributed by atoms with Crippen LogP contribution >= 0.6 is 45.8 Å². The molecule has 2 aromatic rings. The van der Waals surface area contributed by atoms with Gasteiger partial charge in [0.25, 0.3) is 0 Å². The molecular weight excluding hydrogens is 650 g/mol. The second-order valence-electron chi connectivity index (χ2n) is 8.56. The summed E-state index contributed by atoms with van der Waals surface area (Å²) in [5.74, 6) is -0.250. The highest BCUT2D eigenvalue weighted by atomic mass is 127. The molecule has 204 valence electrons. The molecule has 0 fully saturated rings. The molecule has 38 heavy (non-hydrogen) atoms. The summed E-state index contributed by atoms with van der Waals surface area (Å²) in [6, 6.07) is 7.23. The zero-order valence-corrected chi connectivity index (χ0v) is 24.3. The number of amides is 2. The molecule has 2 aromatic carbocycles. The van der Waals surface area contributed by atoms with Crippen LogP contribution in [0.1, 0.15) is 29.3 Å². The molecule has 0 heterocycles. The van der Waals surface area contributed by atoms with E-state index in [-0.39, 0.29) is 49.1 Å². The topological polar surface area (TPSA) is 125 Å². The lowest BCUT2D eigenvalue weighted by Gasteiger charge is -2.40. The number of aldehydes is 1.